The molecule has 0 aliphatic carbocycles. The molecule has 0 bridgehead atoms. The Kier molecular flexibility index (Phi) is 4.50. The molecule has 0 spiro atoms. The highest BCUT2D eigenvalue weighted by Gasteiger charge is 2.14. The maximum Gasteiger partial charge on any atom is 0.305 e. The van der Waals surface area contributed by atoms with Crippen molar-refractivity contribution in [2.24, 2.45) is 0 Å². The first-order chi connectivity index (χ1) is 7.93. The van der Waals surface area contributed by atoms with Crippen molar-refractivity contribution in [3.8, 4) is 0 Å². The monoisotopic (exact) mass is 262 g/mol. The summed E-state index contributed by atoms with van der Waals surface area (Å²) in [6.07, 6.45) is 0.252. The number of hydrogen-bond donors (Lipinski definition) is 1. The van der Waals surface area contributed by atoms with E-state index in [1.807, 2.05) is 0 Å². The number of hydrogen-bond acceptors (Lipinski definition) is 6. The number of rotatable bonds is 6. The molecule has 8 heteroatoms. The second-order valence-electron chi connectivity index (χ2n) is 3.43. The van der Waals surface area contributed by atoms with Gasteiger partial charge in [-0.1, -0.05) is 5.16 Å². The number of nitrogens with one attached hydrogen (secondary N) is 1. The first-order valence-electron chi connectivity index (χ1n) is 4.93. The lowest BCUT2D eigenvalue weighted by molar-refractivity contribution is -0.140. The van der Waals surface area contributed by atoms with Gasteiger partial charge < -0.3 is 9.26 Å². The number of carbonyl (C=O) groups excluding carboxylic acids is 1. The van der Waals surface area contributed by atoms with Crippen molar-refractivity contribution in [2.45, 2.75) is 19.8 Å². The van der Waals surface area contributed by atoms with Crippen LogP contribution < -0.4 is 4.72 Å². The number of aromatic nitrogens is 1. The number of esters is 1. The van der Waals surface area contributed by atoms with Crippen molar-refractivity contribution in [1.29, 1.82) is 0 Å². The third-order valence-corrected chi connectivity index (χ3v) is 3.24. The fourth-order valence-electron chi connectivity index (χ4n) is 1.12. The summed E-state index contributed by atoms with van der Waals surface area (Å²) in [5.74, 6) is -0.543. The molecule has 1 heterocycles. The number of nitrogens with zero attached hydrogens (tertiary/aromatic N) is 1. The molecule has 1 aromatic rings. The number of ether oxygens (including phenoxy) is 1. The Bertz CT molecular complexity index is 479. The quantitative estimate of drug-likeness (QED) is 0.757. The van der Waals surface area contributed by atoms with Gasteiger partial charge in [-0.3, -0.25) is 9.52 Å². The molecule has 1 N–H and O–H groups in total. The molecule has 7 nitrogen and oxygen atoms in total. The van der Waals surface area contributed by atoms with Crippen molar-refractivity contribution < 1.29 is 22.5 Å². The van der Waals surface area contributed by atoms with Crippen LogP contribution in [0.5, 0.6) is 0 Å². The number of aryl methyl sites for hydroxylation is 1. The second kappa shape index (κ2) is 5.67. The van der Waals surface area contributed by atoms with Gasteiger partial charge in [-0.25, -0.2) is 8.42 Å². The zero-order valence-corrected chi connectivity index (χ0v) is 10.4. The van der Waals surface area contributed by atoms with E-state index >= 15 is 0 Å². The lowest BCUT2D eigenvalue weighted by atomic mass is 10.3. The molecule has 1 rings (SSSR count). The van der Waals surface area contributed by atoms with E-state index < -0.39 is 16.0 Å². The Hall–Kier alpha value is -1.57. The van der Waals surface area contributed by atoms with Gasteiger partial charge in [0.1, 0.15) is 0 Å². The highest BCUT2D eigenvalue weighted by Crippen LogP contribution is 2.11. The van der Waals surface area contributed by atoms with Crippen LogP contribution in [0.3, 0.4) is 0 Å². The van der Waals surface area contributed by atoms with E-state index in [0.29, 0.717) is 5.69 Å². The number of sulfonamides is 1. The Balaban J connectivity index is 2.44. The topological polar surface area (TPSA) is 98.5 Å². The first kappa shape index (κ1) is 13.5. The minimum absolute atomic E-state index is 0.0623. The summed E-state index contributed by atoms with van der Waals surface area (Å²) in [5.41, 5.74) is 0.581. The van der Waals surface area contributed by atoms with Crippen LogP contribution in [0.25, 0.3) is 0 Å². The lowest BCUT2D eigenvalue weighted by Crippen LogP contribution is -2.17. The highest BCUT2D eigenvalue weighted by molar-refractivity contribution is 7.92. The van der Waals surface area contributed by atoms with Crippen LogP contribution in [0, 0.1) is 6.92 Å². The van der Waals surface area contributed by atoms with Gasteiger partial charge in [0, 0.05) is 12.5 Å². The molecular weight excluding hydrogens is 248 g/mol. The molecule has 0 atom stereocenters. The van der Waals surface area contributed by atoms with E-state index in [0.717, 1.165) is 0 Å². The number of carbonyl (C=O) groups is 1. The maximum absolute atomic E-state index is 11.5. The molecule has 0 unspecified atom stereocenters. The largest absolute Gasteiger partial charge is 0.469 e. The van der Waals surface area contributed by atoms with E-state index in [2.05, 4.69) is 14.6 Å². The molecule has 1 aromatic heterocycles. The van der Waals surface area contributed by atoms with Crippen LogP contribution in [-0.2, 0) is 19.6 Å². The zero-order valence-electron chi connectivity index (χ0n) is 9.60. The van der Waals surface area contributed by atoms with E-state index in [-0.39, 0.29) is 24.5 Å². The Morgan fingerprint density at radius 3 is 2.82 bits per heavy atom. The first-order valence-corrected chi connectivity index (χ1v) is 6.59. The molecule has 0 saturated carbocycles. The Morgan fingerprint density at radius 1 is 1.59 bits per heavy atom. The van der Waals surface area contributed by atoms with Gasteiger partial charge in [0.05, 0.1) is 18.6 Å². The molecule has 0 aliphatic heterocycles. The van der Waals surface area contributed by atoms with Crippen LogP contribution in [0.4, 0.5) is 5.88 Å². The lowest BCUT2D eigenvalue weighted by Gasteiger charge is -2.03. The standard InChI is InChI=1S/C9H14N2O5S/c1-7-6-8(16-10-7)11-17(13,14)5-3-4-9(12)15-2/h6,11H,3-5H2,1-2H3. The summed E-state index contributed by atoms with van der Waals surface area (Å²) in [6, 6.07) is 1.47. The molecule has 0 aliphatic rings. The molecular formula is C9H14N2O5S. The third-order valence-electron chi connectivity index (χ3n) is 1.91. The molecule has 0 saturated heterocycles. The summed E-state index contributed by atoms with van der Waals surface area (Å²) in [4.78, 5) is 10.8. The van der Waals surface area contributed by atoms with Crippen molar-refractivity contribution in [3.05, 3.63) is 11.8 Å². The van der Waals surface area contributed by atoms with Gasteiger partial charge in [0.25, 0.3) is 0 Å². The summed E-state index contributed by atoms with van der Waals surface area (Å²) in [5, 5.41) is 3.55. The summed E-state index contributed by atoms with van der Waals surface area (Å²) < 4.78 is 34.4. The van der Waals surface area contributed by atoms with Gasteiger partial charge in [-0.05, 0) is 13.3 Å². The Labute approximate surface area is 99.2 Å². The summed E-state index contributed by atoms with van der Waals surface area (Å²) >= 11 is 0. The SMILES string of the molecule is COC(=O)CCCS(=O)(=O)Nc1cc(C)no1. The molecule has 0 fully saturated rings. The van der Waals surface area contributed by atoms with Crippen LogP contribution in [-0.4, -0.2) is 32.4 Å². The molecule has 0 aromatic carbocycles. The minimum atomic E-state index is -3.52. The third kappa shape index (κ3) is 4.85. The Morgan fingerprint density at radius 2 is 2.29 bits per heavy atom. The van der Waals surface area contributed by atoms with E-state index in [1.165, 1.54) is 13.2 Å². The van der Waals surface area contributed by atoms with Crippen LogP contribution in [0.15, 0.2) is 10.6 Å². The van der Waals surface area contributed by atoms with Crippen LogP contribution >= 0.6 is 0 Å². The summed E-state index contributed by atoms with van der Waals surface area (Å²) in [6.45, 7) is 1.68. The van der Waals surface area contributed by atoms with Crippen LogP contribution in [0.2, 0.25) is 0 Å². The normalized spacial score (nSPS) is 11.2. The van der Waals surface area contributed by atoms with Gasteiger partial charge >= 0.3 is 5.97 Å². The average molecular weight is 262 g/mol. The average Bonchev–Trinajstić information content (AvgIpc) is 2.62. The highest BCUT2D eigenvalue weighted by atomic mass is 32.2. The molecule has 96 valence electrons. The van der Waals surface area contributed by atoms with Crippen molar-refractivity contribution in [3.63, 3.8) is 0 Å². The molecule has 0 amide bonds. The van der Waals surface area contributed by atoms with Gasteiger partial charge in [-0.2, -0.15) is 0 Å². The van der Waals surface area contributed by atoms with Crippen LogP contribution in [0.1, 0.15) is 18.5 Å². The predicted octanol–water partition coefficient (Wildman–Crippen LogP) is 0.678. The van der Waals surface area contributed by atoms with E-state index in [1.54, 1.807) is 6.92 Å². The van der Waals surface area contributed by atoms with E-state index in [9.17, 15) is 13.2 Å². The van der Waals surface area contributed by atoms with Crippen molar-refractivity contribution in [2.75, 3.05) is 17.6 Å². The minimum Gasteiger partial charge on any atom is -0.469 e. The predicted molar refractivity (Wildman–Crippen MR) is 59.9 cm³/mol. The summed E-state index contributed by atoms with van der Waals surface area (Å²) in [7, 11) is -2.26. The van der Waals surface area contributed by atoms with Crippen molar-refractivity contribution in [1.82, 2.24) is 5.16 Å². The number of anilines is 1. The smallest absolute Gasteiger partial charge is 0.305 e. The number of methoxy groups -OCH3 is 1. The van der Waals surface area contributed by atoms with Gasteiger partial charge in [-0.15, -0.1) is 0 Å². The fourth-order valence-corrected chi connectivity index (χ4v) is 2.15. The van der Waals surface area contributed by atoms with Gasteiger partial charge in [0.15, 0.2) is 0 Å². The maximum atomic E-state index is 11.5. The second-order valence-corrected chi connectivity index (χ2v) is 5.28. The zero-order chi connectivity index (χ0) is 12.9. The molecule has 0 radical (unpaired) electrons. The molecule has 17 heavy (non-hydrogen) atoms. The van der Waals surface area contributed by atoms with Crippen molar-refractivity contribution >= 4 is 21.9 Å². The van der Waals surface area contributed by atoms with E-state index in [4.69, 9.17) is 4.52 Å². The fraction of sp³-hybridized carbons (Fsp3) is 0.556. The van der Waals surface area contributed by atoms with Gasteiger partial charge in [0.2, 0.25) is 15.9 Å².